The smallest absolute Gasteiger partial charge is 0.343 e. The molecule has 0 bridgehead atoms. The summed E-state index contributed by atoms with van der Waals surface area (Å²) in [4.78, 5) is 179. The van der Waals surface area contributed by atoms with Gasteiger partial charge in [0.25, 0.3) is 23.6 Å². The van der Waals surface area contributed by atoms with Crippen LogP contribution in [0.4, 0.5) is 0 Å². The first-order valence-corrected chi connectivity index (χ1v) is 39.5. The van der Waals surface area contributed by atoms with Gasteiger partial charge in [0.1, 0.15) is 46.1 Å². The minimum absolute atomic E-state index is 0.0395. The Balaban J connectivity index is 0.000000332. The second-order valence-corrected chi connectivity index (χ2v) is 27.5. The largest absolute Gasteiger partial charge is 0.507 e. The highest BCUT2D eigenvalue weighted by Crippen LogP contribution is 2.37. The van der Waals surface area contributed by atoms with E-state index in [1.54, 1.807) is 34.6 Å². The first-order valence-electron chi connectivity index (χ1n) is 39.5. The summed E-state index contributed by atoms with van der Waals surface area (Å²) < 4.78 is 27.7. The molecule has 0 aliphatic heterocycles. The molecule has 7 aromatic rings. The van der Waals surface area contributed by atoms with E-state index in [1.807, 2.05) is 44.2 Å². The number of ether oxygens (including phenoxy) is 2. The minimum atomic E-state index is -1.66. The van der Waals surface area contributed by atoms with Crippen molar-refractivity contribution in [2.24, 2.45) is 17.8 Å². The lowest BCUT2D eigenvalue weighted by Gasteiger charge is -2.29. The number of furan rings is 3. The lowest BCUT2D eigenvalue weighted by Crippen LogP contribution is -2.47. The molecule has 3 heterocycles. The summed E-state index contributed by atoms with van der Waals surface area (Å²) in [6.07, 6.45) is 7.93. The number of nitrogens with one attached hydrogen (secondary N) is 7. The Morgan fingerprint density at radius 2 is 0.821 bits per heavy atom. The number of phenols is 1. The molecule has 0 saturated carbocycles. The van der Waals surface area contributed by atoms with E-state index in [9.17, 15) is 108 Å². The topological polar surface area (TPSA) is 590 Å². The Kier molecular flexibility index (Phi) is 41.2. The van der Waals surface area contributed by atoms with Crippen molar-refractivity contribution in [1.82, 2.24) is 52.4 Å². The third kappa shape index (κ3) is 29.8. The monoisotopic (exact) mass is 1720 g/mol. The molecule has 10 amide bonds. The predicted molar refractivity (Wildman–Crippen MR) is 435 cm³/mol. The summed E-state index contributed by atoms with van der Waals surface area (Å²) in [6.45, 7) is 12.2. The highest BCUT2D eigenvalue weighted by atomic mass is 16.5. The van der Waals surface area contributed by atoms with E-state index in [0.717, 1.165) is 56.2 Å². The Bertz CT molecular complexity index is 4750. The van der Waals surface area contributed by atoms with Crippen molar-refractivity contribution >= 4 is 90.4 Å². The van der Waals surface area contributed by atoms with Gasteiger partial charge in [-0.05, 0) is 137 Å². The number of amides is 10. The van der Waals surface area contributed by atoms with Gasteiger partial charge < -0.3 is 90.6 Å². The zero-order chi connectivity index (χ0) is 91.0. The second kappa shape index (κ2) is 50.8. The Morgan fingerprint density at radius 3 is 1.20 bits per heavy atom. The van der Waals surface area contributed by atoms with E-state index in [1.165, 1.54) is 72.8 Å². The summed E-state index contributed by atoms with van der Waals surface area (Å²) in [5, 5.41) is 105. The van der Waals surface area contributed by atoms with Crippen molar-refractivity contribution in [2.75, 3.05) is 33.2 Å². The Hall–Kier alpha value is -14.0. The average molecular weight is 1720 g/mol. The number of aliphatic carboxylic acids is 2. The summed E-state index contributed by atoms with van der Waals surface area (Å²) in [7, 11) is 0. The fraction of sp³-hybridized carbons (Fsp3) is 0.393. The standard InChI is InChI=1S/C33H38N4O11.C26H35N3O9.C25H31N3O9/c1-3-25(37(46)19-38)22(12-10-20-8-6-5-7-9-20)30(41)34-18-35-32(43)27-15-14-26(48-27)21-11-13-23(28(16-21)47-4-2)31(42)36-24(33(44)45)17-29(39)40;1-4-7-8-9-17(18(5-2)29(36)15-30)24(32)27-14-28-25(33)21-11-10-20(38-21)16-12-19(31)23(26(34)35)22(13-16)37-6-3;1-3-5-6-7-17(19(4-2)28(36)14-29)22(30)26-13-27-23(31)21-11-10-20(37-21)15-8-9-16(24(32)33)18(12-15)25(34)35/h5-9,11,13-16,19,22,24-25,46H,3-4,10,12,17-18H2,1-2H3,(H,34,41)(H,35,43)(H,36,42)(H,39,40)(H,44,45);10-13,15,17-18,31,36H,4-9,14H2,1-3H3,(H,27,32)(H,28,33)(H,34,35);8-12,14,17,19,36H,3-7,13H2,1-2H3,(H,26,30)(H,27,31)(H,32,33)(H,34,35)/t22-,24?,25-;17?,18-;17?,19-/m111/s1. The quantitative estimate of drug-likeness (QED) is 0.00555. The third-order valence-corrected chi connectivity index (χ3v) is 19.3. The molecule has 123 heavy (non-hydrogen) atoms. The summed E-state index contributed by atoms with van der Waals surface area (Å²) >= 11 is 0. The van der Waals surface area contributed by atoms with Crippen LogP contribution in [0.15, 0.2) is 129 Å². The van der Waals surface area contributed by atoms with Crippen molar-refractivity contribution in [3.05, 3.63) is 160 Å². The van der Waals surface area contributed by atoms with Crippen molar-refractivity contribution in [3.8, 4) is 51.2 Å². The predicted octanol–water partition coefficient (Wildman–Crippen LogP) is 9.03. The van der Waals surface area contributed by atoms with E-state index >= 15 is 0 Å². The molecule has 0 aliphatic carbocycles. The number of benzene rings is 4. The maximum absolute atomic E-state index is 13.2. The number of aromatic hydroxyl groups is 1. The molecule has 3 unspecified atom stereocenters. The van der Waals surface area contributed by atoms with Crippen LogP contribution in [0.1, 0.15) is 211 Å². The molecule has 664 valence electrons. The van der Waals surface area contributed by atoms with Gasteiger partial charge in [0.2, 0.25) is 37.0 Å². The van der Waals surface area contributed by atoms with Gasteiger partial charge in [-0.1, -0.05) is 116 Å². The Morgan fingerprint density at radius 1 is 0.423 bits per heavy atom. The number of nitrogens with zero attached hydrogens (tertiary/aromatic N) is 3. The summed E-state index contributed by atoms with van der Waals surface area (Å²) in [5.41, 5.74) is 0.729. The van der Waals surface area contributed by atoms with Crippen LogP contribution in [0.2, 0.25) is 0 Å². The first-order chi connectivity index (χ1) is 58.8. The molecule has 16 N–H and O–H groups in total. The van der Waals surface area contributed by atoms with Gasteiger partial charge in [-0.3, -0.25) is 68.4 Å². The van der Waals surface area contributed by atoms with Gasteiger partial charge in [-0.2, -0.15) is 0 Å². The number of aryl methyl sites for hydroxylation is 1. The highest BCUT2D eigenvalue weighted by Gasteiger charge is 2.35. The van der Waals surface area contributed by atoms with Crippen LogP contribution in [0.25, 0.3) is 34.0 Å². The fourth-order valence-corrected chi connectivity index (χ4v) is 13.1. The normalized spacial score (nSPS) is 12.4. The number of carboxylic acid groups (broad SMARTS) is 5. The third-order valence-electron chi connectivity index (χ3n) is 19.3. The number of hydrogen-bond acceptors (Lipinski definition) is 24. The van der Waals surface area contributed by atoms with Gasteiger partial charge in [-0.25, -0.2) is 34.4 Å². The van der Waals surface area contributed by atoms with Crippen molar-refractivity contribution in [2.45, 2.75) is 163 Å². The molecule has 7 rings (SSSR count). The van der Waals surface area contributed by atoms with Crippen LogP contribution in [-0.2, 0) is 44.8 Å². The number of carboxylic acids is 5. The molecule has 0 fully saturated rings. The van der Waals surface area contributed by atoms with Crippen LogP contribution in [0, 0.1) is 17.8 Å². The van der Waals surface area contributed by atoms with E-state index in [0.29, 0.717) is 71.3 Å². The molecular formula is C84H104N10O29. The number of unbranched alkanes of at least 4 members (excludes halogenated alkanes) is 4. The number of aromatic carboxylic acids is 3. The molecule has 0 aliphatic rings. The maximum Gasteiger partial charge on any atom is 0.343 e. The van der Waals surface area contributed by atoms with E-state index < -0.39 is 131 Å². The highest BCUT2D eigenvalue weighted by molar-refractivity contribution is 6.03. The lowest BCUT2D eigenvalue weighted by molar-refractivity contribution is -0.169. The van der Waals surface area contributed by atoms with Gasteiger partial charge in [0, 0.05) is 16.7 Å². The molecule has 0 saturated heterocycles. The van der Waals surface area contributed by atoms with Crippen LogP contribution in [-0.4, -0.2) is 209 Å². The van der Waals surface area contributed by atoms with Crippen LogP contribution >= 0.6 is 0 Å². The molecule has 39 heteroatoms. The summed E-state index contributed by atoms with van der Waals surface area (Å²) in [6, 6.07) is 24.7. The number of rotatable bonds is 50. The molecule has 4 aromatic carbocycles. The first kappa shape index (κ1) is 99.6. The molecule has 0 radical (unpaired) electrons. The average Bonchev–Trinajstić information content (AvgIpc) is 1.79. The van der Waals surface area contributed by atoms with Crippen molar-refractivity contribution in [3.63, 3.8) is 0 Å². The second-order valence-electron chi connectivity index (χ2n) is 27.5. The molecule has 39 nitrogen and oxygen atoms in total. The Labute approximate surface area is 705 Å². The SMILES string of the molecule is CCCCCC(C(=O)NCNC(=O)c1ccc(-c2cc(O)c(C(=O)O)c(OCC)c2)o1)[C@@H](CC)N(O)C=O.CCCCCC(C(=O)NCNC(=O)c1ccc(-c2ccc(C(=O)O)c(C(=O)O)c2)o1)[C@@H](CC)N(O)C=O.CCOc1cc(-c2ccc(C(=O)NCNC(=O)[C@H](CCc3ccccc3)[C@@H](CC)N(O)C=O)o2)ccc1C(=O)NC(CC(=O)O)C(=O)O. The maximum atomic E-state index is 13.2. The minimum Gasteiger partial charge on any atom is -0.507 e. The molecule has 0 spiro atoms. The molecular weight excluding hydrogens is 1610 g/mol. The van der Waals surface area contributed by atoms with Crippen molar-refractivity contribution < 1.29 is 141 Å². The molecule has 7 atom stereocenters. The van der Waals surface area contributed by atoms with Gasteiger partial charge >= 0.3 is 29.8 Å². The van der Waals surface area contributed by atoms with E-state index in [4.69, 9.17) is 32.9 Å². The molecule has 3 aromatic heterocycles. The zero-order valence-electron chi connectivity index (χ0n) is 68.7. The number of hydroxylamine groups is 6. The number of carbonyl (C=O) groups excluding carboxylic acids is 10. The van der Waals surface area contributed by atoms with Gasteiger partial charge in [0.15, 0.2) is 17.3 Å². The number of hydrogen-bond donors (Lipinski definition) is 16. The van der Waals surface area contributed by atoms with Crippen LogP contribution in [0.3, 0.4) is 0 Å². The van der Waals surface area contributed by atoms with Gasteiger partial charge in [0.05, 0.1) is 92.2 Å². The van der Waals surface area contributed by atoms with Crippen LogP contribution in [0.5, 0.6) is 17.2 Å². The van der Waals surface area contributed by atoms with E-state index in [-0.39, 0.29) is 121 Å². The zero-order valence-corrected chi connectivity index (χ0v) is 68.7. The fourth-order valence-electron chi connectivity index (χ4n) is 13.1. The van der Waals surface area contributed by atoms with Gasteiger partial charge in [-0.15, -0.1) is 0 Å². The van der Waals surface area contributed by atoms with Crippen molar-refractivity contribution in [1.29, 1.82) is 0 Å². The van der Waals surface area contributed by atoms with E-state index in [2.05, 4.69) is 37.2 Å². The van der Waals surface area contributed by atoms with Crippen LogP contribution < -0.4 is 46.7 Å². The number of carbonyl (C=O) groups is 15. The summed E-state index contributed by atoms with van der Waals surface area (Å²) in [5.74, 6) is -13.5. The lowest BCUT2D eigenvalue weighted by atomic mass is 9.90.